The average Bonchev–Trinajstić information content (AvgIpc) is 3.57. The van der Waals surface area contributed by atoms with Gasteiger partial charge in [0.25, 0.3) is 11.8 Å². The number of rotatable bonds is 10. The van der Waals surface area contributed by atoms with Crippen LogP contribution in [0.3, 0.4) is 0 Å². The highest BCUT2D eigenvalue weighted by Gasteiger charge is 2.54. The summed E-state index contributed by atoms with van der Waals surface area (Å²) in [5.41, 5.74) is 5.91. The Morgan fingerprint density at radius 2 is 2.20 bits per heavy atom. The number of nitrogens with one attached hydrogen (secondary N) is 2. The fourth-order valence-electron chi connectivity index (χ4n) is 4.31. The second-order valence-electron chi connectivity index (χ2n) is 8.70. The van der Waals surface area contributed by atoms with E-state index in [1.54, 1.807) is 18.3 Å². The van der Waals surface area contributed by atoms with Crippen LogP contribution in [0.1, 0.15) is 12.6 Å². The maximum Gasteiger partial charge on any atom is 0.352 e. The number of carboxylic acid groups (broad SMARTS) is 1. The monoisotopic (exact) mass is 586 g/mol. The molecule has 2 amide bonds. The lowest BCUT2D eigenvalue weighted by Crippen LogP contribution is -2.71. The number of hydrogen-bond acceptors (Lipinski definition) is 11. The van der Waals surface area contributed by atoms with E-state index in [2.05, 4.69) is 20.7 Å². The number of aromatic amines is 1. The molecule has 0 radical (unpaired) electrons. The largest absolute Gasteiger partial charge is 0.477 e. The number of pyridine rings is 1. The number of amides is 2. The number of carboxylic acids is 1. The Labute approximate surface area is 234 Å². The Bertz CT molecular complexity index is 1560. The third kappa shape index (κ3) is 5.35. The first-order valence-electron chi connectivity index (χ1n) is 12.0. The molecule has 2 atom stereocenters. The van der Waals surface area contributed by atoms with Crippen LogP contribution in [0.4, 0.5) is 5.82 Å². The van der Waals surface area contributed by atoms with E-state index < -0.39 is 41.8 Å². The number of nitrogen functional groups attached to an aromatic ring is 1. The molecule has 5 heterocycles. The Balaban J connectivity index is 1.32. The van der Waals surface area contributed by atoms with E-state index in [0.717, 1.165) is 10.1 Å². The molecule has 0 saturated carbocycles. The van der Waals surface area contributed by atoms with Crippen LogP contribution < -0.4 is 15.6 Å². The van der Waals surface area contributed by atoms with E-state index in [0.29, 0.717) is 17.9 Å². The molecule has 40 heavy (non-hydrogen) atoms. The minimum absolute atomic E-state index is 0.0782. The molecular formula is C24H24N7O7S2+. The van der Waals surface area contributed by atoms with Crippen molar-refractivity contribution in [1.29, 1.82) is 0 Å². The third-order valence-electron chi connectivity index (χ3n) is 6.07. The number of β-lactam (4-membered cyclic amide) rings is 1. The van der Waals surface area contributed by atoms with Crippen LogP contribution in [0.25, 0.3) is 10.1 Å². The molecule has 0 spiro atoms. The smallest absolute Gasteiger partial charge is 0.352 e. The molecule has 1 unspecified atom stereocenters. The molecule has 2 aliphatic rings. The van der Waals surface area contributed by atoms with Crippen molar-refractivity contribution in [2.24, 2.45) is 5.16 Å². The van der Waals surface area contributed by atoms with Gasteiger partial charge in [-0.1, -0.05) is 5.16 Å². The molecule has 3 aromatic heterocycles. The number of nitrogens with two attached hydrogens (primary N) is 1. The molecule has 1 saturated heterocycles. The second kappa shape index (κ2) is 11.4. The van der Waals surface area contributed by atoms with Crippen molar-refractivity contribution in [3.63, 3.8) is 0 Å². The van der Waals surface area contributed by atoms with Gasteiger partial charge in [0.05, 0.1) is 17.7 Å². The van der Waals surface area contributed by atoms with Gasteiger partial charge in [0.1, 0.15) is 22.9 Å². The molecule has 0 aliphatic carbocycles. The number of esters is 1. The molecule has 2 aliphatic heterocycles. The van der Waals surface area contributed by atoms with Gasteiger partial charge in [-0.2, -0.15) is 5.10 Å². The molecule has 5 rings (SSSR count). The lowest BCUT2D eigenvalue weighted by atomic mass is 10.0. The van der Waals surface area contributed by atoms with Crippen molar-refractivity contribution >= 4 is 68.5 Å². The molecule has 0 aromatic carbocycles. The lowest BCUT2D eigenvalue weighted by Gasteiger charge is -2.49. The van der Waals surface area contributed by atoms with Crippen LogP contribution in [0.5, 0.6) is 0 Å². The van der Waals surface area contributed by atoms with Crippen LogP contribution in [0.15, 0.2) is 52.4 Å². The number of carbonyl (C=O) groups is 4. The SMILES string of the molecule is CCOC(=O)CON=C(C(=O)NC1C(=O)N2C(C(=O)O)=C(C[n+]3ccc4sccc4c3)CS[C@@H]12)c1cc(N)n[nH]1. The van der Waals surface area contributed by atoms with E-state index in [-0.39, 0.29) is 29.5 Å². The van der Waals surface area contributed by atoms with Gasteiger partial charge in [0.15, 0.2) is 24.7 Å². The van der Waals surface area contributed by atoms with Gasteiger partial charge in [-0.05, 0) is 18.4 Å². The van der Waals surface area contributed by atoms with Gasteiger partial charge in [0, 0.05) is 28.2 Å². The summed E-state index contributed by atoms with van der Waals surface area (Å²) in [6.07, 6.45) is 3.80. The van der Waals surface area contributed by atoms with E-state index in [1.165, 1.54) is 22.7 Å². The van der Waals surface area contributed by atoms with Gasteiger partial charge in [-0.25, -0.2) is 14.2 Å². The van der Waals surface area contributed by atoms with Crippen molar-refractivity contribution in [2.45, 2.75) is 24.9 Å². The molecule has 208 valence electrons. The predicted octanol–water partition coefficient (Wildman–Crippen LogP) is 0.217. The van der Waals surface area contributed by atoms with Crippen molar-refractivity contribution in [3.05, 3.63) is 52.9 Å². The van der Waals surface area contributed by atoms with Crippen molar-refractivity contribution in [3.8, 4) is 0 Å². The van der Waals surface area contributed by atoms with E-state index >= 15 is 0 Å². The maximum atomic E-state index is 13.1. The Hall–Kier alpha value is -4.44. The van der Waals surface area contributed by atoms with Gasteiger partial charge in [-0.15, -0.1) is 23.1 Å². The quantitative estimate of drug-likeness (QED) is 0.0839. The Kier molecular flexibility index (Phi) is 7.70. The summed E-state index contributed by atoms with van der Waals surface area (Å²) in [4.78, 5) is 56.3. The third-order valence-corrected chi connectivity index (χ3v) is 8.31. The zero-order valence-corrected chi connectivity index (χ0v) is 22.7. The summed E-state index contributed by atoms with van der Waals surface area (Å²) in [6, 6.07) is 4.26. The lowest BCUT2D eigenvalue weighted by molar-refractivity contribution is -0.687. The highest BCUT2D eigenvalue weighted by atomic mass is 32.2. The first-order valence-corrected chi connectivity index (χ1v) is 13.9. The number of fused-ring (bicyclic) bond motifs is 2. The number of H-pyrrole nitrogens is 1. The van der Waals surface area contributed by atoms with Crippen molar-refractivity contribution in [2.75, 3.05) is 24.7 Å². The van der Waals surface area contributed by atoms with E-state index in [4.69, 9.17) is 15.3 Å². The number of carbonyl (C=O) groups excluding carboxylic acids is 3. The van der Waals surface area contributed by atoms with Crippen LogP contribution >= 0.6 is 23.1 Å². The minimum atomic E-state index is -1.22. The summed E-state index contributed by atoms with van der Waals surface area (Å²) < 4.78 is 7.77. The number of oxime groups is 1. The van der Waals surface area contributed by atoms with Gasteiger partial charge >= 0.3 is 11.9 Å². The molecule has 1 fully saturated rings. The summed E-state index contributed by atoms with van der Waals surface area (Å²) >= 11 is 2.96. The van der Waals surface area contributed by atoms with Crippen LogP contribution in [0, 0.1) is 0 Å². The summed E-state index contributed by atoms with van der Waals surface area (Å²) in [5, 5.41) is 25.0. The van der Waals surface area contributed by atoms with Crippen LogP contribution in [0.2, 0.25) is 0 Å². The molecule has 16 heteroatoms. The average molecular weight is 587 g/mol. The number of ether oxygens (including phenoxy) is 1. The highest BCUT2D eigenvalue weighted by molar-refractivity contribution is 8.00. The number of thioether (sulfide) groups is 1. The Morgan fingerprint density at radius 3 is 2.92 bits per heavy atom. The molecule has 0 bridgehead atoms. The van der Waals surface area contributed by atoms with Crippen molar-refractivity contribution < 1.29 is 38.4 Å². The summed E-state index contributed by atoms with van der Waals surface area (Å²) in [6.45, 7) is 1.53. The van der Waals surface area contributed by atoms with Gasteiger partial charge in [0.2, 0.25) is 6.61 Å². The Morgan fingerprint density at radius 1 is 1.38 bits per heavy atom. The summed E-state index contributed by atoms with van der Waals surface area (Å²) in [7, 11) is 0. The molecule has 14 nitrogen and oxygen atoms in total. The van der Waals surface area contributed by atoms with E-state index in [9.17, 15) is 24.3 Å². The second-order valence-corrected chi connectivity index (χ2v) is 10.8. The fourth-order valence-corrected chi connectivity index (χ4v) is 6.41. The fraction of sp³-hybridized carbons (Fsp3) is 0.292. The molecular weight excluding hydrogens is 562 g/mol. The zero-order valence-electron chi connectivity index (χ0n) is 21.0. The normalized spacial score (nSPS) is 18.8. The topological polar surface area (TPSA) is 193 Å². The number of anilines is 1. The maximum absolute atomic E-state index is 13.1. The predicted molar refractivity (Wildman–Crippen MR) is 144 cm³/mol. The number of aliphatic carboxylic acids is 1. The van der Waals surface area contributed by atoms with Crippen LogP contribution in [-0.4, -0.2) is 80.1 Å². The van der Waals surface area contributed by atoms with Gasteiger partial charge in [-0.3, -0.25) is 19.6 Å². The molecule has 5 N–H and O–H groups in total. The summed E-state index contributed by atoms with van der Waals surface area (Å²) in [5.74, 6) is -2.87. The number of nitrogens with zero attached hydrogens (tertiary/aromatic N) is 4. The molecule has 3 aromatic rings. The first-order chi connectivity index (χ1) is 19.3. The number of hydrogen-bond donors (Lipinski definition) is 4. The van der Waals surface area contributed by atoms with Gasteiger partial charge < -0.3 is 25.7 Å². The first kappa shape index (κ1) is 27.1. The van der Waals surface area contributed by atoms with Crippen molar-refractivity contribution in [1.82, 2.24) is 20.4 Å². The zero-order chi connectivity index (χ0) is 28.4. The highest BCUT2D eigenvalue weighted by Crippen LogP contribution is 2.40. The number of aromatic nitrogens is 3. The minimum Gasteiger partial charge on any atom is -0.477 e. The van der Waals surface area contributed by atoms with E-state index in [1.807, 2.05) is 34.5 Å². The number of thiophene rings is 1. The standard InChI is InChI=1S/C24H23N7O7S2/c1-2-37-17(32)10-38-29-18(14-7-16(25)28-27-14)21(33)26-19-22(34)31-20(24(35)36)13(11-40-23(19)31)9-30-5-3-15-12(8-30)4-6-39-15/h3-8,19,23H,2,9-11H2,1H3,(H4-,25,26,27,28,29,33,35,36)/p+1/t19?,23-/m0/s1. The van der Waals surface area contributed by atoms with Crippen LogP contribution in [-0.2, 0) is 35.3 Å².